The Labute approximate surface area is 78.3 Å². The molecule has 0 spiro atoms. The largest absolute Gasteiger partial charge is 0.447 e. The number of thiophene rings is 1. The Balaban J connectivity index is 2.21. The van der Waals surface area contributed by atoms with Crippen LogP contribution in [0.2, 0.25) is 5.02 Å². The molecule has 1 fully saturated rings. The van der Waals surface area contributed by atoms with Gasteiger partial charge in [-0.1, -0.05) is 11.6 Å². The third-order valence-corrected chi connectivity index (χ3v) is 3.11. The van der Waals surface area contributed by atoms with Gasteiger partial charge < -0.3 is 10.1 Å². The molecule has 1 amide bonds. The Hall–Kier alpha value is -0.740. The van der Waals surface area contributed by atoms with E-state index in [0.717, 1.165) is 4.88 Å². The van der Waals surface area contributed by atoms with Gasteiger partial charge in [0.25, 0.3) is 0 Å². The number of carbonyl (C=O) groups excluding carboxylic acids is 1. The molecule has 2 heterocycles. The van der Waals surface area contributed by atoms with Crippen molar-refractivity contribution < 1.29 is 9.53 Å². The molecule has 3 nitrogen and oxygen atoms in total. The molecule has 0 bridgehead atoms. The van der Waals surface area contributed by atoms with Gasteiger partial charge >= 0.3 is 6.09 Å². The Kier molecular flexibility index (Phi) is 1.94. The zero-order valence-corrected chi connectivity index (χ0v) is 7.61. The molecule has 1 aliphatic rings. The molecule has 5 heteroatoms. The number of rotatable bonds is 1. The third kappa shape index (κ3) is 1.28. The Morgan fingerprint density at radius 2 is 2.58 bits per heavy atom. The lowest BCUT2D eigenvalue weighted by Gasteiger charge is -2.03. The SMILES string of the molecule is O=C1N[C@H](c2sccc2Cl)CO1. The second kappa shape index (κ2) is 2.95. The van der Waals surface area contributed by atoms with Crippen LogP contribution in [0.5, 0.6) is 0 Å². The lowest BCUT2D eigenvalue weighted by molar-refractivity contribution is 0.177. The van der Waals surface area contributed by atoms with E-state index in [9.17, 15) is 4.79 Å². The first-order valence-electron chi connectivity index (χ1n) is 3.43. The number of halogens is 1. The average Bonchev–Trinajstić information content (AvgIpc) is 2.58. The van der Waals surface area contributed by atoms with Crippen LogP contribution in [0.1, 0.15) is 10.9 Å². The standard InChI is InChI=1S/C7H6ClNO2S/c8-4-1-2-12-6(4)5-3-11-7(10)9-5/h1-2,5H,3H2,(H,9,10)/t5-/m0/s1. The maximum absolute atomic E-state index is 10.7. The molecule has 1 N–H and O–H groups in total. The Bertz CT molecular complexity index is 312. The fourth-order valence-electron chi connectivity index (χ4n) is 1.08. The zero-order valence-electron chi connectivity index (χ0n) is 6.04. The van der Waals surface area contributed by atoms with Crippen molar-refractivity contribution in [3.63, 3.8) is 0 Å². The van der Waals surface area contributed by atoms with Gasteiger partial charge in [0.1, 0.15) is 12.6 Å². The molecule has 12 heavy (non-hydrogen) atoms. The van der Waals surface area contributed by atoms with Crippen molar-refractivity contribution in [1.29, 1.82) is 0 Å². The lowest BCUT2D eigenvalue weighted by Crippen LogP contribution is -2.17. The van der Waals surface area contributed by atoms with E-state index >= 15 is 0 Å². The Morgan fingerprint density at radius 3 is 3.08 bits per heavy atom. The minimum Gasteiger partial charge on any atom is -0.447 e. The predicted molar refractivity (Wildman–Crippen MR) is 46.6 cm³/mol. The minimum atomic E-state index is -0.371. The number of cyclic esters (lactones) is 1. The van der Waals surface area contributed by atoms with Crippen molar-refractivity contribution in [3.05, 3.63) is 21.3 Å². The summed E-state index contributed by atoms with van der Waals surface area (Å²) < 4.78 is 4.74. The van der Waals surface area contributed by atoms with Gasteiger partial charge in [0.2, 0.25) is 0 Å². The fraction of sp³-hybridized carbons (Fsp3) is 0.286. The number of carbonyl (C=O) groups is 1. The van der Waals surface area contributed by atoms with Gasteiger partial charge in [-0.05, 0) is 11.4 Å². The molecule has 1 aromatic rings. The van der Waals surface area contributed by atoms with E-state index in [1.54, 1.807) is 0 Å². The smallest absolute Gasteiger partial charge is 0.407 e. The maximum Gasteiger partial charge on any atom is 0.407 e. The molecule has 0 unspecified atom stereocenters. The second-order valence-electron chi connectivity index (χ2n) is 2.43. The first kappa shape index (κ1) is 7.89. The molecule has 0 aromatic carbocycles. The van der Waals surface area contributed by atoms with Crippen molar-refractivity contribution in [1.82, 2.24) is 5.32 Å². The monoisotopic (exact) mass is 203 g/mol. The summed E-state index contributed by atoms with van der Waals surface area (Å²) in [6, 6.07) is 1.75. The van der Waals surface area contributed by atoms with Crippen LogP contribution in [0.4, 0.5) is 4.79 Å². The van der Waals surface area contributed by atoms with Crippen LogP contribution in [-0.2, 0) is 4.74 Å². The summed E-state index contributed by atoms with van der Waals surface area (Å²) in [4.78, 5) is 11.6. The summed E-state index contributed by atoms with van der Waals surface area (Å²) in [5.74, 6) is 0. The molecule has 0 aliphatic carbocycles. The summed E-state index contributed by atoms with van der Waals surface area (Å²) in [6.07, 6.45) is -0.371. The quantitative estimate of drug-likeness (QED) is 0.760. The van der Waals surface area contributed by atoms with E-state index in [1.807, 2.05) is 11.4 Å². The molecule has 1 saturated heterocycles. The Morgan fingerprint density at radius 1 is 1.75 bits per heavy atom. The molecular formula is C7H6ClNO2S. The number of amides is 1. The first-order chi connectivity index (χ1) is 5.77. The van der Waals surface area contributed by atoms with Crippen LogP contribution >= 0.6 is 22.9 Å². The fourth-order valence-corrected chi connectivity index (χ4v) is 2.31. The van der Waals surface area contributed by atoms with E-state index in [-0.39, 0.29) is 12.1 Å². The third-order valence-electron chi connectivity index (χ3n) is 1.63. The molecule has 0 radical (unpaired) electrons. The minimum absolute atomic E-state index is 0.0648. The van der Waals surface area contributed by atoms with E-state index in [0.29, 0.717) is 11.6 Å². The molecule has 1 atom stereocenters. The number of ether oxygens (including phenoxy) is 1. The number of nitrogens with one attached hydrogen (secondary N) is 1. The highest BCUT2D eigenvalue weighted by Gasteiger charge is 2.26. The summed E-state index contributed by atoms with van der Waals surface area (Å²) >= 11 is 7.39. The summed E-state index contributed by atoms with van der Waals surface area (Å²) in [6.45, 7) is 0.374. The van der Waals surface area contributed by atoms with Gasteiger partial charge in [-0.3, -0.25) is 0 Å². The van der Waals surface area contributed by atoms with E-state index in [2.05, 4.69) is 5.32 Å². The molecular weight excluding hydrogens is 198 g/mol. The van der Waals surface area contributed by atoms with Crippen molar-refractivity contribution >= 4 is 29.0 Å². The van der Waals surface area contributed by atoms with Crippen molar-refractivity contribution in [2.75, 3.05) is 6.61 Å². The van der Waals surface area contributed by atoms with Gasteiger partial charge in [-0.25, -0.2) is 4.79 Å². The lowest BCUT2D eigenvalue weighted by atomic mass is 10.3. The first-order valence-corrected chi connectivity index (χ1v) is 4.69. The topological polar surface area (TPSA) is 38.3 Å². The van der Waals surface area contributed by atoms with Crippen molar-refractivity contribution in [2.24, 2.45) is 0 Å². The van der Waals surface area contributed by atoms with E-state index in [4.69, 9.17) is 16.3 Å². The number of alkyl carbamates (subject to hydrolysis) is 1. The van der Waals surface area contributed by atoms with Gasteiger partial charge in [0.15, 0.2) is 0 Å². The summed E-state index contributed by atoms with van der Waals surface area (Å²) in [5.41, 5.74) is 0. The molecule has 1 aliphatic heterocycles. The number of hydrogen-bond acceptors (Lipinski definition) is 3. The normalized spacial score (nSPS) is 22.1. The maximum atomic E-state index is 10.7. The van der Waals surface area contributed by atoms with Crippen LogP contribution in [0.3, 0.4) is 0 Å². The van der Waals surface area contributed by atoms with Crippen LogP contribution in [0.25, 0.3) is 0 Å². The number of hydrogen-bond donors (Lipinski definition) is 1. The van der Waals surface area contributed by atoms with Gasteiger partial charge in [-0.15, -0.1) is 11.3 Å². The van der Waals surface area contributed by atoms with Crippen LogP contribution < -0.4 is 5.32 Å². The molecule has 1 aromatic heterocycles. The van der Waals surface area contributed by atoms with Gasteiger partial charge in [0, 0.05) is 4.88 Å². The van der Waals surface area contributed by atoms with Crippen LogP contribution in [-0.4, -0.2) is 12.7 Å². The van der Waals surface area contributed by atoms with Gasteiger partial charge in [0.05, 0.1) is 5.02 Å². The van der Waals surface area contributed by atoms with Gasteiger partial charge in [-0.2, -0.15) is 0 Å². The zero-order chi connectivity index (χ0) is 8.55. The molecule has 64 valence electrons. The highest BCUT2D eigenvalue weighted by molar-refractivity contribution is 7.10. The molecule has 2 rings (SSSR count). The highest BCUT2D eigenvalue weighted by atomic mass is 35.5. The molecule has 0 saturated carbocycles. The van der Waals surface area contributed by atoms with Crippen molar-refractivity contribution in [2.45, 2.75) is 6.04 Å². The summed E-state index contributed by atoms with van der Waals surface area (Å²) in [7, 11) is 0. The van der Waals surface area contributed by atoms with Crippen LogP contribution in [0.15, 0.2) is 11.4 Å². The van der Waals surface area contributed by atoms with Crippen LogP contribution in [0, 0.1) is 0 Å². The summed E-state index contributed by atoms with van der Waals surface area (Å²) in [5, 5.41) is 5.24. The van der Waals surface area contributed by atoms with E-state index in [1.165, 1.54) is 11.3 Å². The predicted octanol–water partition coefficient (Wildman–Crippen LogP) is 2.18. The van der Waals surface area contributed by atoms with Crippen molar-refractivity contribution in [3.8, 4) is 0 Å². The van der Waals surface area contributed by atoms with E-state index < -0.39 is 0 Å². The second-order valence-corrected chi connectivity index (χ2v) is 3.78. The average molecular weight is 204 g/mol. The highest BCUT2D eigenvalue weighted by Crippen LogP contribution is 2.30.